The lowest BCUT2D eigenvalue weighted by atomic mass is 9.78. The summed E-state index contributed by atoms with van der Waals surface area (Å²) in [5.41, 5.74) is 12.4. The fourth-order valence-corrected chi connectivity index (χ4v) is 5.95. The monoisotopic (exact) mass is 552 g/mol. The van der Waals surface area contributed by atoms with Crippen molar-refractivity contribution in [2.24, 2.45) is 0 Å². The van der Waals surface area contributed by atoms with Crippen molar-refractivity contribution in [3.05, 3.63) is 209 Å². The van der Waals surface area contributed by atoms with E-state index < -0.39 is 0 Å². The molecule has 0 radical (unpaired) electrons. The van der Waals surface area contributed by atoms with Crippen molar-refractivity contribution in [3.8, 4) is 11.1 Å². The highest BCUT2D eigenvalue weighted by Crippen LogP contribution is 2.39. The van der Waals surface area contributed by atoms with E-state index >= 15 is 0 Å². The first-order valence-corrected chi connectivity index (χ1v) is 15.0. The van der Waals surface area contributed by atoms with Gasteiger partial charge in [-0.3, -0.25) is 0 Å². The van der Waals surface area contributed by atoms with Crippen molar-refractivity contribution in [2.45, 2.75) is 18.8 Å². The van der Waals surface area contributed by atoms with Crippen LogP contribution in [-0.4, -0.2) is 0 Å². The van der Waals surface area contributed by atoms with Gasteiger partial charge in [0.15, 0.2) is 0 Å². The van der Waals surface area contributed by atoms with E-state index in [1.807, 2.05) is 6.08 Å². The maximum absolute atomic E-state index is 3.92. The van der Waals surface area contributed by atoms with Crippen molar-refractivity contribution in [2.75, 3.05) is 0 Å². The predicted molar refractivity (Wildman–Crippen MR) is 185 cm³/mol. The van der Waals surface area contributed by atoms with Crippen molar-refractivity contribution >= 4 is 17.7 Å². The molecular formula is C43H36. The molecule has 43 heavy (non-hydrogen) atoms. The lowest BCUT2D eigenvalue weighted by Gasteiger charge is -2.26. The molecule has 0 amide bonds. The van der Waals surface area contributed by atoms with Crippen molar-refractivity contribution in [1.82, 2.24) is 0 Å². The number of hydrogen-bond donors (Lipinski definition) is 0. The number of rotatable bonds is 9. The Morgan fingerprint density at radius 2 is 0.884 bits per heavy atom. The van der Waals surface area contributed by atoms with E-state index in [1.165, 1.54) is 50.1 Å². The molecule has 0 aliphatic carbocycles. The molecule has 0 heterocycles. The Morgan fingerprint density at radius 1 is 0.465 bits per heavy atom. The summed E-state index contributed by atoms with van der Waals surface area (Å²) in [6, 6.07) is 58.9. The van der Waals surface area contributed by atoms with Gasteiger partial charge in [-0.15, -0.1) is 0 Å². The van der Waals surface area contributed by atoms with E-state index in [0.29, 0.717) is 5.92 Å². The fraction of sp³-hybridized carbons (Fsp3) is 0.0698. The van der Waals surface area contributed by atoms with Crippen LogP contribution in [0.15, 0.2) is 170 Å². The summed E-state index contributed by atoms with van der Waals surface area (Å²) in [5, 5.41) is 0. The van der Waals surface area contributed by atoms with Crippen LogP contribution in [0, 0.1) is 0 Å². The highest BCUT2D eigenvalue weighted by Gasteiger charge is 2.23. The van der Waals surface area contributed by atoms with Gasteiger partial charge >= 0.3 is 0 Å². The summed E-state index contributed by atoms with van der Waals surface area (Å²) in [7, 11) is 0. The Morgan fingerprint density at radius 3 is 1.40 bits per heavy atom. The third-order valence-electron chi connectivity index (χ3n) is 8.35. The summed E-state index contributed by atoms with van der Waals surface area (Å²) in [5.74, 6) is 0.577. The summed E-state index contributed by atoms with van der Waals surface area (Å²) >= 11 is 0. The maximum Gasteiger partial charge on any atom is 0.0155 e. The molecule has 0 spiro atoms. The molecule has 0 aliphatic heterocycles. The molecule has 208 valence electrons. The zero-order valence-electron chi connectivity index (χ0n) is 24.6. The minimum absolute atomic E-state index is 0.264. The van der Waals surface area contributed by atoms with E-state index in [-0.39, 0.29) is 5.92 Å². The number of hydrogen-bond acceptors (Lipinski definition) is 0. The van der Waals surface area contributed by atoms with Gasteiger partial charge in [-0.05, 0) is 67.6 Å². The molecule has 0 aromatic heterocycles. The Bertz CT molecular complexity index is 1740. The van der Waals surface area contributed by atoms with Crippen molar-refractivity contribution in [3.63, 3.8) is 0 Å². The van der Waals surface area contributed by atoms with Gasteiger partial charge < -0.3 is 0 Å². The molecule has 0 saturated heterocycles. The van der Waals surface area contributed by atoms with Gasteiger partial charge in [-0.2, -0.15) is 0 Å². The summed E-state index contributed by atoms with van der Waals surface area (Å²) < 4.78 is 0. The molecular weight excluding hydrogens is 516 g/mol. The zero-order chi connectivity index (χ0) is 29.4. The van der Waals surface area contributed by atoms with Gasteiger partial charge in [-0.1, -0.05) is 183 Å². The average molecular weight is 553 g/mol. The molecule has 6 aromatic rings. The fourth-order valence-electron chi connectivity index (χ4n) is 5.95. The minimum Gasteiger partial charge on any atom is -0.0985 e. The first kappa shape index (κ1) is 27.9. The summed E-state index contributed by atoms with van der Waals surface area (Å²) in [6.45, 7) is 6.26. The van der Waals surface area contributed by atoms with Gasteiger partial charge in [0.1, 0.15) is 0 Å². The van der Waals surface area contributed by atoms with E-state index in [2.05, 4.69) is 183 Å². The van der Waals surface area contributed by atoms with Gasteiger partial charge in [-0.25, -0.2) is 0 Å². The summed E-state index contributed by atoms with van der Waals surface area (Å²) in [6.07, 6.45) is 4.18. The third-order valence-corrected chi connectivity index (χ3v) is 8.35. The van der Waals surface area contributed by atoms with E-state index in [1.54, 1.807) is 0 Å². The molecule has 0 saturated carbocycles. The van der Waals surface area contributed by atoms with Crippen LogP contribution in [0.1, 0.15) is 57.7 Å². The largest absolute Gasteiger partial charge is 0.0985 e. The van der Waals surface area contributed by atoms with Gasteiger partial charge in [0.2, 0.25) is 0 Å². The Hall–Kier alpha value is -5.20. The third kappa shape index (κ3) is 6.50. The summed E-state index contributed by atoms with van der Waals surface area (Å²) in [4.78, 5) is 0. The van der Waals surface area contributed by atoms with Crippen LogP contribution in [0.4, 0.5) is 0 Å². The lowest BCUT2D eigenvalue weighted by Crippen LogP contribution is -2.10. The van der Waals surface area contributed by atoms with Crippen LogP contribution in [0.25, 0.3) is 28.9 Å². The SMILES string of the molecule is C=Cc1ccc(C(c2ccccc2)C(C)c2ccc(-c3ccc(C=C(c4ccccc4)c4ccccc4)cc3)cc2)cc1. The van der Waals surface area contributed by atoms with Gasteiger partial charge in [0.05, 0.1) is 0 Å². The first-order valence-electron chi connectivity index (χ1n) is 15.0. The molecule has 0 N–H and O–H groups in total. The van der Waals surface area contributed by atoms with Crippen LogP contribution in [0.3, 0.4) is 0 Å². The zero-order valence-corrected chi connectivity index (χ0v) is 24.6. The standard InChI is InChI=1S/C43H36/c1-3-33-19-25-41(26-20-33)43(40-17-11-6-12-18-40)32(2)35-27-29-37(30-28-35)36-23-21-34(22-24-36)31-42(38-13-7-4-8-14-38)39-15-9-5-10-16-39/h3-32,43H,1H2,2H3. The van der Waals surface area contributed by atoms with Crippen molar-refractivity contribution in [1.29, 1.82) is 0 Å². The van der Waals surface area contributed by atoms with Crippen LogP contribution in [0.2, 0.25) is 0 Å². The van der Waals surface area contributed by atoms with Gasteiger partial charge in [0, 0.05) is 5.92 Å². The second kappa shape index (κ2) is 13.2. The molecule has 0 aliphatic rings. The Labute approximate surface area is 256 Å². The van der Waals surface area contributed by atoms with E-state index in [0.717, 1.165) is 5.56 Å². The topological polar surface area (TPSA) is 0 Å². The van der Waals surface area contributed by atoms with Crippen LogP contribution in [-0.2, 0) is 0 Å². The molecule has 0 bridgehead atoms. The normalized spacial score (nSPS) is 12.2. The van der Waals surface area contributed by atoms with E-state index in [4.69, 9.17) is 0 Å². The first-order chi connectivity index (χ1) is 21.2. The second-order valence-corrected chi connectivity index (χ2v) is 11.1. The Balaban J connectivity index is 1.26. The number of benzene rings is 6. The molecule has 0 nitrogen and oxygen atoms in total. The van der Waals surface area contributed by atoms with Crippen LogP contribution in [0.5, 0.6) is 0 Å². The molecule has 2 unspecified atom stereocenters. The predicted octanol–water partition coefficient (Wildman–Crippen LogP) is 11.5. The molecule has 0 heteroatoms. The molecule has 6 aromatic carbocycles. The maximum atomic E-state index is 3.92. The lowest BCUT2D eigenvalue weighted by molar-refractivity contribution is 0.657. The van der Waals surface area contributed by atoms with E-state index in [9.17, 15) is 0 Å². The van der Waals surface area contributed by atoms with Crippen LogP contribution >= 0.6 is 0 Å². The average Bonchev–Trinajstić information content (AvgIpc) is 3.09. The molecule has 0 fully saturated rings. The molecule has 2 atom stereocenters. The smallest absolute Gasteiger partial charge is 0.0155 e. The second-order valence-electron chi connectivity index (χ2n) is 11.1. The molecule has 6 rings (SSSR count). The van der Waals surface area contributed by atoms with Crippen LogP contribution < -0.4 is 0 Å². The highest BCUT2D eigenvalue weighted by molar-refractivity contribution is 5.91. The van der Waals surface area contributed by atoms with Gasteiger partial charge in [0.25, 0.3) is 0 Å². The van der Waals surface area contributed by atoms with Crippen molar-refractivity contribution < 1.29 is 0 Å². The Kier molecular flexibility index (Phi) is 8.57. The minimum atomic E-state index is 0.264. The quantitative estimate of drug-likeness (QED) is 0.156. The highest BCUT2D eigenvalue weighted by atomic mass is 14.3.